The summed E-state index contributed by atoms with van der Waals surface area (Å²) in [7, 11) is 1.28. The Morgan fingerprint density at radius 2 is 1.81 bits per heavy atom. The lowest BCUT2D eigenvalue weighted by molar-refractivity contribution is -0.116. The van der Waals surface area contributed by atoms with Crippen LogP contribution in [-0.4, -0.2) is 31.4 Å². The van der Waals surface area contributed by atoms with Crippen molar-refractivity contribution >= 4 is 29.2 Å². The zero-order valence-corrected chi connectivity index (χ0v) is 14.7. The fourth-order valence-corrected chi connectivity index (χ4v) is 3.17. The number of esters is 1. The van der Waals surface area contributed by atoms with Crippen LogP contribution in [0.15, 0.2) is 42.5 Å². The molecule has 6 heteroatoms. The molecule has 0 saturated carbocycles. The fraction of sp³-hybridized carbons (Fsp3) is 0.250. The molecule has 0 unspecified atom stereocenters. The van der Waals surface area contributed by atoms with Gasteiger partial charge in [0.15, 0.2) is 0 Å². The van der Waals surface area contributed by atoms with E-state index in [2.05, 4.69) is 5.32 Å². The summed E-state index contributed by atoms with van der Waals surface area (Å²) in [5, 5.41) is 2.82. The molecular weight excluding hydrogens is 332 g/mol. The van der Waals surface area contributed by atoms with Crippen molar-refractivity contribution in [1.82, 2.24) is 0 Å². The molecule has 26 heavy (non-hydrogen) atoms. The Labute approximate surface area is 151 Å². The van der Waals surface area contributed by atoms with Gasteiger partial charge >= 0.3 is 5.97 Å². The summed E-state index contributed by atoms with van der Waals surface area (Å²) in [4.78, 5) is 38.0. The third-order valence-electron chi connectivity index (χ3n) is 4.41. The van der Waals surface area contributed by atoms with E-state index < -0.39 is 5.97 Å². The molecule has 1 heterocycles. The number of benzene rings is 2. The molecule has 1 aliphatic heterocycles. The number of nitrogens with zero attached hydrogens (tertiary/aromatic N) is 1. The van der Waals surface area contributed by atoms with Crippen molar-refractivity contribution in [3.8, 4) is 0 Å². The third-order valence-corrected chi connectivity index (χ3v) is 4.41. The first-order valence-electron chi connectivity index (χ1n) is 8.41. The number of hydrogen-bond donors (Lipinski definition) is 1. The van der Waals surface area contributed by atoms with Crippen LogP contribution in [-0.2, 0) is 16.0 Å². The average Bonchev–Trinajstić information content (AvgIpc) is 2.66. The standard InChI is InChI=1S/C20H20N2O4/c1-13(23)22-11-5-6-14-12-15(9-10-18(14)22)21-19(24)16-7-3-4-8-17(16)20(25)26-2/h3-4,7-10,12H,5-6,11H2,1-2H3,(H,21,24). The molecule has 0 aromatic heterocycles. The minimum atomic E-state index is -0.557. The van der Waals surface area contributed by atoms with Gasteiger partial charge in [-0.15, -0.1) is 0 Å². The van der Waals surface area contributed by atoms with Crippen LogP contribution in [0.3, 0.4) is 0 Å². The van der Waals surface area contributed by atoms with Gasteiger partial charge in [-0.2, -0.15) is 0 Å². The van der Waals surface area contributed by atoms with E-state index >= 15 is 0 Å². The zero-order valence-electron chi connectivity index (χ0n) is 14.7. The normalized spacial score (nSPS) is 12.9. The molecular formula is C20H20N2O4. The molecule has 134 valence electrons. The summed E-state index contributed by atoms with van der Waals surface area (Å²) < 4.78 is 4.73. The molecule has 3 rings (SSSR count). The predicted octanol–water partition coefficient (Wildman–Crippen LogP) is 3.02. The van der Waals surface area contributed by atoms with Gasteiger partial charge in [-0.25, -0.2) is 4.79 Å². The number of fused-ring (bicyclic) bond motifs is 1. The number of rotatable bonds is 3. The maximum Gasteiger partial charge on any atom is 0.338 e. The van der Waals surface area contributed by atoms with E-state index in [0.717, 1.165) is 24.1 Å². The summed E-state index contributed by atoms with van der Waals surface area (Å²) in [6.45, 7) is 2.26. The Bertz CT molecular complexity index is 876. The first-order valence-corrected chi connectivity index (χ1v) is 8.41. The van der Waals surface area contributed by atoms with Crippen LogP contribution < -0.4 is 10.2 Å². The summed E-state index contributed by atoms with van der Waals surface area (Å²) in [6, 6.07) is 12.0. The monoisotopic (exact) mass is 352 g/mol. The molecule has 0 atom stereocenters. The molecule has 0 saturated heterocycles. The highest BCUT2D eigenvalue weighted by molar-refractivity contribution is 6.11. The van der Waals surface area contributed by atoms with Gasteiger partial charge < -0.3 is 15.0 Å². The maximum atomic E-state index is 12.6. The Kier molecular flexibility index (Phi) is 5.02. The quantitative estimate of drug-likeness (QED) is 0.862. The number of hydrogen-bond acceptors (Lipinski definition) is 4. The van der Waals surface area contributed by atoms with Gasteiger partial charge in [0.05, 0.1) is 18.2 Å². The van der Waals surface area contributed by atoms with Crippen LogP contribution in [0, 0.1) is 0 Å². The van der Waals surface area contributed by atoms with E-state index in [1.807, 2.05) is 12.1 Å². The van der Waals surface area contributed by atoms with Gasteiger partial charge in [-0.1, -0.05) is 12.1 Å². The second-order valence-electron chi connectivity index (χ2n) is 6.11. The minimum absolute atomic E-state index is 0.00902. The molecule has 6 nitrogen and oxygen atoms in total. The molecule has 2 aromatic rings. The van der Waals surface area contributed by atoms with Gasteiger partial charge in [-0.05, 0) is 48.7 Å². The molecule has 2 aromatic carbocycles. The number of anilines is 2. The van der Waals surface area contributed by atoms with Gasteiger partial charge in [0.25, 0.3) is 5.91 Å². The smallest absolute Gasteiger partial charge is 0.338 e. The molecule has 0 bridgehead atoms. The zero-order chi connectivity index (χ0) is 18.7. The Morgan fingerprint density at radius 3 is 2.50 bits per heavy atom. The topological polar surface area (TPSA) is 75.7 Å². The van der Waals surface area contributed by atoms with Crippen LogP contribution in [0.1, 0.15) is 39.6 Å². The molecule has 0 fully saturated rings. The predicted molar refractivity (Wildman–Crippen MR) is 98.5 cm³/mol. The fourth-order valence-electron chi connectivity index (χ4n) is 3.17. The number of carbonyl (C=O) groups excluding carboxylic acids is 3. The van der Waals surface area contributed by atoms with Crippen LogP contribution in [0.4, 0.5) is 11.4 Å². The second kappa shape index (κ2) is 7.39. The van der Waals surface area contributed by atoms with Crippen molar-refractivity contribution in [3.63, 3.8) is 0 Å². The molecule has 2 amide bonds. The number of methoxy groups -OCH3 is 1. The van der Waals surface area contributed by atoms with Crippen molar-refractivity contribution in [2.45, 2.75) is 19.8 Å². The summed E-state index contributed by atoms with van der Waals surface area (Å²) in [5.74, 6) is -0.932. The van der Waals surface area contributed by atoms with E-state index in [-0.39, 0.29) is 22.9 Å². The van der Waals surface area contributed by atoms with Crippen LogP contribution >= 0.6 is 0 Å². The van der Waals surface area contributed by atoms with Crippen molar-refractivity contribution in [2.75, 3.05) is 23.9 Å². The molecule has 0 aliphatic carbocycles. The largest absolute Gasteiger partial charge is 0.465 e. The summed E-state index contributed by atoms with van der Waals surface area (Å²) >= 11 is 0. The van der Waals surface area contributed by atoms with Crippen LogP contribution in [0.5, 0.6) is 0 Å². The Hall–Kier alpha value is -3.15. The first-order chi connectivity index (χ1) is 12.5. The van der Waals surface area contributed by atoms with Gasteiger partial charge in [0.2, 0.25) is 5.91 Å². The number of amides is 2. The highest BCUT2D eigenvalue weighted by Gasteiger charge is 2.21. The van der Waals surface area contributed by atoms with Crippen molar-refractivity contribution in [2.24, 2.45) is 0 Å². The number of nitrogens with one attached hydrogen (secondary N) is 1. The highest BCUT2D eigenvalue weighted by atomic mass is 16.5. The molecule has 1 N–H and O–H groups in total. The molecule has 0 spiro atoms. The lowest BCUT2D eigenvalue weighted by Gasteiger charge is -2.29. The van der Waals surface area contributed by atoms with E-state index in [4.69, 9.17) is 4.74 Å². The Balaban J connectivity index is 1.85. The van der Waals surface area contributed by atoms with Crippen LogP contribution in [0.25, 0.3) is 0 Å². The Morgan fingerprint density at radius 1 is 1.08 bits per heavy atom. The molecule has 1 aliphatic rings. The first kappa shape index (κ1) is 17.7. The minimum Gasteiger partial charge on any atom is -0.465 e. The van der Waals surface area contributed by atoms with Crippen molar-refractivity contribution in [1.29, 1.82) is 0 Å². The third kappa shape index (κ3) is 3.44. The molecule has 0 radical (unpaired) electrons. The van der Waals surface area contributed by atoms with E-state index in [1.165, 1.54) is 7.11 Å². The lowest BCUT2D eigenvalue weighted by Crippen LogP contribution is -2.33. The van der Waals surface area contributed by atoms with Crippen molar-refractivity contribution in [3.05, 3.63) is 59.2 Å². The van der Waals surface area contributed by atoms with E-state index in [1.54, 1.807) is 42.2 Å². The van der Waals surface area contributed by atoms with Gasteiger partial charge in [0.1, 0.15) is 0 Å². The number of aryl methyl sites for hydroxylation is 1. The average molecular weight is 352 g/mol. The summed E-state index contributed by atoms with van der Waals surface area (Å²) in [6.07, 6.45) is 1.73. The van der Waals surface area contributed by atoms with Crippen LogP contribution in [0.2, 0.25) is 0 Å². The highest BCUT2D eigenvalue weighted by Crippen LogP contribution is 2.30. The van der Waals surface area contributed by atoms with E-state index in [0.29, 0.717) is 12.2 Å². The number of carbonyl (C=O) groups is 3. The van der Waals surface area contributed by atoms with Crippen molar-refractivity contribution < 1.29 is 19.1 Å². The number of ether oxygens (including phenoxy) is 1. The SMILES string of the molecule is COC(=O)c1ccccc1C(=O)Nc1ccc2c(c1)CCCN2C(C)=O. The summed E-state index contributed by atoms with van der Waals surface area (Å²) in [5.41, 5.74) is 3.00. The van der Waals surface area contributed by atoms with Gasteiger partial charge in [-0.3, -0.25) is 9.59 Å². The van der Waals surface area contributed by atoms with E-state index in [9.17, 15) is 14.4 Å². The second-order valence-corrected chi connectivity index (χ2v) is 6.11. The maximum absolute atomic E-state index is 12.6. The van der Waals surface area contributed by atoms with Gasteiger partial charge in [0, 0.05) is 24.8 Å². The lowest BCUT2D eigenvalue weighted by atomic mass is 10.0.